The Morgan fingerprint density at radius 3 is 2.51 bits per heavy atom. The molecule has 0 saturated heterocycles. The molecule has 12 heteroatoms. The Balaban J connectivity index is 1.68. The van der Waals surface area contributed by atoms with E-state index in [0.29, 0.717) is 27.6 Å². The topological polar surface area (TPSA) is 111 Å². The zero-order valence-electron chi connectivity index (χ0n) is 21.5. The number of benzene rings is 2. The fraction of sp³-hybridized carbons (Fsp3) is 0.400. The van der Waals surface area contributed by atoms with Gasteiger partial charge in [0.05, 0.1) is 24.2 Å². The number of nitrogens with zero attached hydrogens (tertiary/aromatic N) is 3. The highest BCUT2D eigenvalue weighted by Crippen LogP contribution is 2.40. The minimum absolute atomic E-state index is 0.0842. The van der Waals surface area contributed by atoms with Crippen LogP contribution >= 0.6 is 23.1 Å². The number of sulfonamides is 1. The third kappa shape index (κ3) is 6.02. The van der Waals surface area contributed by atoms with Crippen LogP contribution in [0.1, 0.15) is 40.2 Å². The van der Waals surface area contributed by atoms with E-state index >= 15 is 0 Å². The van der Waals surface area contributed by atoms with Crippen LogP contribution in [0.2, 0.25) is 0 Å². The van der Waals surface area contributed by atoms with Gasteiger partial charge in [-0.15, -0.1) is 10.2 Å². The molecule has 0 unspecified atom stereocenters. The highest BCUT2D eigenvalue weighted by Gasteiger charge is 2.38. The van der Waals surface area contributed by atoms with Crippen LogP contribution in [0.15, 0.2) is 51.7 Å². The molecule has 1 amide bonds. The van der Waals surface area contributed by atoms with Crippen LogP contribution in [0.4, 0.5) is 10.8 Å². The van der Waals surface area contributed by atoms with Crippen molar-refractivity contribution in [2.24, 2.45) is 0 Å². The summed E-state index contributed by atoms with van der Waals surface area (Å²) in [5.74, 6) is 0.350. The van der Waals surface area contributed by atoms with Gasteiger partial charge in [-0.25, -0.2) is 8.42 Å². The molecule has 0 fully saturated rings. The lowest BCUT2D eigenvalue weighted by Crippen LogP contribution is -2.49. The van der Waals surface area contributed by atoms with E-state index in [1.54, 1.807) is 30.0 Å². The van der Waals surface area contributed by atoms with Gasteiger partial charge in [-0.3, -0.25) is 14.4 Å². The zero-order chi connectivity index (χ0) is 27.0. The maximum atomic E-state index is 13.8. The number of anilines is 2. The number of hydrogen-bond donors (Lipinski definition) is 1. The number of carbonyl (C=O) groups excluding carboxylic acids is 1. The summed E-state index contributed by atoms with van der Waals surface area (Å²) in [4.78, 5) is 13.3. The average molecular weight is 563 g/mol. The SMILES string of the molecule is COc1ccc(S(=O)(=O)N2C[C@H](C(=O)Nc3nnc(SC(C)C)s3)Oc3ccc(C(C)(C)C)cc32)cc1. The second kappa shape index (κ2) is 10.5. The molecular formula is C25H30N4O5S3. The van der Waals surface area contributed by atoms with E-state index in [1.807, 2.05) is 46.8 Å². The Labute approximate surface area is 225 Å². The van der Waals surface area contributed by atoms with Crippen LogP contribution in [0, 0.1) is 0 Å². The molecule has 2 heterocycles. The first-order chi connectivity index (χ1) is 17.4. The molecule has 4 rings (SSSR count). The normalized spacial score (nSPS) is 15.8. The van der Waals surface area contributed by atoms with Crippen molar-refractivity contribution in [2.45, 2.75) is 60.6 Å². The third-order valence-electron chi connectivity index (χ3n) is 5.61. The maximum absolute atomic E-state index is 13.8. The predicted molar refractivity (Wildman–Crippen MR) is 147 cm³/mol. The smallest absolute Gasteiger partial charge is 0.269 e. The number of methoxy groups -OCH3 is 1. The minimum Gasteiger partial charge on any atom is -0.497 e. The molecule has 1 aliphatic rings. The number of aromatic nitrogens is 2. The van der Waals surface area contributed by atoms with Crippen LogP contribution in [0.5, 0.6) is 11.5 Å². The standard InChI is InChI=1S/C25H30N4O5S3/c1-15(2)35-24-28-27-23(36-24)26-22(30)21-14-29(37(31,32)18-10-8-17(33-6)9-11-18)19-13-16(25(3,4)5)7-12-20(19)34-21/h7-13,15,21H,14H2,1-6H3,(H,26,27,30)/t21-/m1/s1. The molecule has 0 bridgehead atoms. The molecule has 2 aromatic carbocycles. The number of hydrogen-bond acceptors (Lipinski definition) is 9. The van der Waals surface area contributed by atoms with Crippen molar-refractivity contribution in [2.75, 3.05) is 23.3 Å². The van der Waals surface area contributed by atoms with Crippen molar-refractivity contribution in [3.05, 3.63) is 48.0 Å². The first-order valence-corrected chi connectivity index (χ1v) is 14.8. The van der Waals surface area contributed by atoms with Gasteiger partial charge in [0.2, 0.25) is 5.13 Å². The van der Waals surface area contributed by atoms with E-state index < -0.39 is 22.0 Å². The average Bonchev–Trinajstić information content (AvgIpc) is 3.28. The molecule has 0 saturated carbocycles. The molecule has 1 aliphatic heterocycles. The molecule has 1 aromatic heterocycles. The summed E-state index contributed by atoms with van der Waals surface area (Å²) >= 11 is 2.81. The highest BCUT2D eigenvalue weighted by atomic mass is 32.2. The van der Waals surface area contributed by atoms with Gasteiger partial charge in [0.1, 0.15) is 11.5 Å². The molecular weight excluding hydrogens is 532 g/mol. The van der Waals surface area contributed by atoms with Gasteiger partial charge in [-0.05, 0) is 47.4 Å². The molecule has 1 atom stereocenters. The Hall–Kier alpha value is -2.83. The quantitative estimate of drug-likeness (QED) is 0.319. The van der Waals surface area contributed by atoms with Crippen LogP contribution in [0.25, 0.3) is 0 Å². The Morgan fingerprint density at radius 1 is 1.19 bits per heavy atom. The van der Waals surface area contributed by atoms with Crippen LogP contribution in [-0.2, 0) is 20.2 Å². The summed E-state index contributed by atoms with van der Waals surface area (Å²) < 4.78 is 40.8. The fourth-order valence-corrected chi connectivity index (χ4v) is 7.10. The van der Waals surface area contributed by atoms with E-state index in [9.17, 15) is 13.2 Å². The van der Waals surface area contributed by atoms with Gasteiger partial charge in [0.15, 0.2) is 10.4 Å². The van der Waals surface area contributed by atoms with Crippen molar-refractivity contribution in [3.63, 3.8) is 0 Å². The van der Waals surface area contributed by atoms with Crippen LogP contribution in [-0.4, -0.2) is 49.5 Å². The van der Waals surface area contributed by atoms with Crippen molar-refractivity contribution < 1.29 is 22.7 Å². The molecule has 198 valence electrons. The largest absolute Gasteiger partial charge is 0.497 e. The van der Waals surface area contributed by atoms with Crippen LogP contribution in [0.3, 0.4) is 0 Å². The van der Waals surface area contributed by atoms with Gasteiger partial charge in [0.25, 0.3) is 15.9 Å². The molecule has 0 aliphatic carbocycles. The van der Waals surface area contributed by atoms with Crippen molar-refractivity contribution in [1.82, 2.24) is 10.2 Å². The summed E-state index contributed by atoms with van der Waals surface area (Å²) in [6.07, 6.45) is -1.09. The molecule has 0 radical (unpaired) electrons. The van der Waals surface area contributed by atoms with Crippen molar-refractivity contribution in [1.29, 1.82) is 0 Å². The van der Waals surface area contributed by atoms with E-state index in [1.165, 1.54) is 34.9 Å². The number of thioether (sulfide) groups is 1. The first kappa shape index (κ1) is 27.2. The van der Waals surface area contributed by atoms with Crippen molar-refractivity contribution in [3.8, 4) is 11.5 Å². The highest BCUT2D eigenvalue weighted by molar-refractivity contribution is 8.01. The molecule has 0 spiro atoms. The molecule has 1 N–H and O–H groups in total. The number of amides is 1. The number of rotatable bonds is 7. The fourth-order valence-electron chi connectivity index (χ4n) is 3.65. The summed E-state index contributed by atoms with van der Waals surface area (Å²) in [5.41, 5.74) is 1.11. The lowest BCUT2D eigenvalue weighted by Gasteiger charge is -2.35. The summed E-state index contributed by atoms with van der Waals surface area (Å²) in [5, 5.41) is 11.5. The predicted octanol–water partition coefficient (Wildman–Crippen LogP) is 4.94. The maximum Gasteiger partial charge on any atom is 0.269 e. The Kier molecular flexibility index (Phi) is 7.72. The second-order valence-electron chi connectivity index (χ2n) is 9.78. The number of nitrogens with one attached hydrogen (secondary N) is 1. The second-order valence-corrected chi connectivity index (χ2v) is 14.4. The monoisotopic (exact) mass is 562 g/mol. The molecule has 37 heavy (non-hydrogen) atoms. The lowest BCUT2D eigenvalue weighted by molar-refractivity contribution is -0.122. The van der Waals surface area contributed by atoms with E-state index in [-0.39, 0.29) is 16.9 Å². The number of fused-ring (bicyclic) bond motifs is 1. The van der Waals surface area contributed by atoms with Gasteiger partial charge < -0.3 is 9.47 Å². The summed E-state index contributed by atoms with van der Waals surface area (Å²) in [7, 11) is -2.51. The van der Waals surface area contributed by atoms with Gasteiger partial charge in [-0.1, -0.05) is 63.8 Å². The Morgan fingerprint density at radius 2 is 1.89 bits per heavy atom. The molecule has 3 aromatic rings. The summed E-state index contributed by atoms with van der Waals surface area (Å²) in [6.45, 7) is 10.0. The minimum atomic E-state index is -4.02. The van der Waals surface area contributed by atoms with Gasteiger partial charge >= 0.3 is 0 Å². The molecule has 9 nitrogen and oxygen atoms in total. The third-order valence-corrected chi connectivity index (χ3v) is 9.33. The number of carbonyl (C=O) groups is 1. The van der Waals surface area contributed by atoms with Crippen LogP contribution < -0.4 is 19.1 Å². The Bertz CT molecular complexity index is 1380. The van der Waals surface area contributed by atoms with E-state index in [4.69, 9.17) is 9.47 Å². The van der Waals surface area contributed by atoms with E-state index in [2.05, 4.69) is 15.5 Å². The van der Waals surface area contributed by atoms with Gasteiger partial charge in [0, 0.05) is 5.25 Å². The van der Waals surface area contributed by atoms with Gasteiger partial charge in [-0.2, -0.15) is 0 Å². The van der Waals surface area contributed by atoms with E-state index in [0.717, 1.165) is 9.90 Å². The number of ether oxygens (including phenoxy) is 2. The lowest BCUT2D eigenvalue weighted by atomic mass is 9.86. The summed E-state index contributed by atoms with van der Waals surface area (Å²) in [6, 6.07) is 11.6. The first-order valence-electron chi connectivity index (χ1n) is 11.7. The van der Waals surface area contributed by atoms with Crippen molar-refractivity contribution >= 4 is 49.8 Å². The zero-order valence-corrected chi connectivity index (χ0v) is 24.0.